The van der Waals surface area contributed by atoms with Gasteiger partial charge in [-0.1, -0.05) is 0 Å². The van der Waals surface area contributed by atoms with Crippen LogP contribution in [0.15, 0.2) is 36.9 Å². The van der Waals surface area contributed by atoms with Crippen LogP contribution in [0.3, 0.4) is 0 Å². The van der Waals surface area contributed by atoms with Gasteiger partial charge in [-0.2, -0.15) is 10.2 Å². The van der Waals surface area contributed by atoms with Crippen molar-refractivity contribution >= 4 is 11.6 Å². The number of nitrogens with one attached hydrogen (secondary N) is 2. The minimum absolute atomic E-state index is 0.635. The van der Waals surface area contributed by atoms with Gasteiger partial charge in [0, 0.05) is 38.9 Å². The van der Waals surface area contributed by atoms with Crippen molar-refractivity contribution < 1.29 is 0 Å². The van der Waals surface area contributed by atoms with Gasteiger partial charge in [0.25, 0.3) is 0 Å². The average molecular weight is 298 g/mol. The summed E-state index contributed by atoms with van der Waals surface area (Å²) in [7, 11) is 3.82. The molecule has 0 radical (unpaired) electrons. The molecule has 3 aromatic rings. The lowest BCUT2D eigenvalue weighted by atomic mass is 10.4. The number of hydrogen-bond acceptors (Lipinski definition) is 6. The molecule has 8 heteroatoms. The monoisotopic (exact) mass is 298 g/mol. The second-order valence-corrected chi connectivity index (χ2v) is 4.85. The van der Waals surface area contributed by atoms with Gasteiger partial charge in [-0.3, -0.25) is 9.36 Å². The fourth-order valence-corrected chi connectivity index (χ4v) is 2.09. The largest absolute Gasteiger partial charge is 0.361 e. The maximum absolute atomic E-state index is 4.34. The third kappa shape index (κ3) is 3.05. The SMILES string of the molecule is Cn1nccc1CNc1nccnc1NCc1ccnn1C. The van der Waals surface area contributed by atoms with Gasteiger partial charge >= 0.3 is 0 Å². The summed E-state index contributed by atoms with van der Waals surface area (Å²) in [5.74, 6) is 1.43. The van der Waals surface area contributed by atoms with Crippen LogP contribution in [0, 0.1) is 0 Å². The molecule has 0 atom stereocenters. The van der Waals surface area contributed by atoms with Gasteiger partial charge in [0.1, 0.15) is 0 Å². The van der Waals surface area contributed by atoms with Crippen LogP contribution in [-0.4, -0.2) is 29.5 Å². The fourth-order valence-electron chi connectivity index (χ4n) is 2.09. The van der Waals surface area contributed by atoms with Crippen molar-refractivity contribution in [3.05, 3.63) is 48.3 Å². The van der Waals surface area contributed by atoms with E-state index >= 15 is 0 Å². The van der Waals surface area contributed by atoms with E-state index in [1.807, 2.05) is 35.6 Å². The van der Waals surface area contributed by atoms with E-state index in [1.165, 1.54) is 0 Å². The normalized spacial score (nSPS) is 10.6. The molecule has 0 saturated carbocycles. The summed E-state index contributed by atoms with van der Waals surface area (Å²) < 4.78 is 3.65. The molecule has 3 aromatic heterocycles. The molecule has 0 aromatic carbocycles. The van der Waals surface area contributed by atoms with E-state index in [0.29, 0.717) is 24.7 Å². The quantitative estimate of drug-likeness (QED) is 0.710. The highest BCUT2D eigenvalue weighted by Gasteiger charge is 2.07. The first-order chi connectivity index (χ1) is 10.7. The fraction of sp³-hybridized carbons (Fsp3) is 0.286. The van der Waals surface area contributed by atoms with E-state index in [0.717, 1.165) is 11.4 Å². The predicted octanol–water partition coefficient (Wildman–Crippen LogP) is 1.17. The molecule has 0 fully saturated rings. The molecule has 8 nitrogen and oxygen atoms in total. The Morgan fingerprint density at radius 1 is 0.773 bits per heavy atom. The van der Waals surface area contributed by atoms with Crippen LogP contribution in [-0.2, 0) is 27.2 Å². The maximum atomic E-state index is 4.34. The molecule has 0 spiro atoms. The first-order valence-corrected chi connectivity index (χ1v) is 6.96. The number of rotatable bonds is 6. The van der Waals surface area contributed by atoms with Crippen molar-refractivity contribution in [1.29, 1.82) is 0 Å². The Balaban J connectivity index is 1.67. The molecule has 0 aliphatic carbocycles. The van der Waals surface area contributed by atoms with Crippen molar-refractivity contribution in [3.63, 3.8) is 0 Å². The summed E-state index contributed by atoms with van der Waals surface area (Å²) >= 11 is 0. The molecular formula is C14H18N8. The zero-order chi connectivity index (χ0) is 15.4. The Morgan fingerprint density at radius 3 is 1.59 bits per heavy atom. The third-order valence-corrected chi connectivity index (χ3v) is 3.42. The summed E-state index contributed by atoms with van der Waals surface area (Å²) in [5, 5.41) is 14.9. The second kappa shape index (κ2) is 6.25. The molecular weight excluding hydrogens is 280 g/mol. The first kappa shape index (κ1) is 14.1. The van der Waals surface area contributed by atoms with E-state index in [4.69, 9.17) is 0 Å². The highest BCUT2D eigenvalue weighted by atomic mass is 15.3. The minimum atomic E-state index is 0.635. The van der Waals surface area contributed by atoms with Gasteiger partial charge in [0.05, 0.1) is 24.5 Å². The summed E-state index contributed by atoms with van der Waals surface area (Å²) in [4.78, 5) is 8.68. The molecule has 0 amide bonds. The Labute approximate surface area is 128 Å². The van der Waals surface area contributed by atoms with Crippen molar-refractivity contribution in [3.8, 4) is 0 Å². The van der Waals surface area contributed by atoms with Gasteiger partial charge in [0.2, 0.25) is 0 Å². The van der Waals surface area contributed by atoms with E-state index in [9.17, 15) is 0 Å². The summed E-state index contributed by atoms with van der Waals surface area (Å²) in [6.45, 7) is 1.27. The number of hydrogen-bond donors (Lipinski definition) is 2. The minimum Gasteiger partial charge on any atom is -0.361 e. The molecule has 0 saturated heterocycles. The van der Waals surface area contributed by atoms with Crippen LogP contribution in [0.2, 0.25) is 0 Å². The molecule has 3 rings (SSSR count). The van der Waals surface area contributed by atoms with Crippen LogP contribution in [0.5, 0.6) is 0 Å². The number of aryl methyl sites for hydroxylation is 2. The molecule has 0 bridgehead atoms. The molecule has 0 unspecified atom stereocenters. The molecule has 0 aliphatic heterocycles. The summed E-state index contributed by atoms with van der Waals surface area (Å²) in [6.07, 6.45) is 6.88. The Hall–Kier alpha value is -2.90. The van der Waals surface area contributed by atoms with E-state index in [2.05, 4.69) is 30.8 Å². The van der Waals surface area contributed by atoms with Crippen LogP contribution < -0.4 is 10.6 Å². The van der Waals surface area contributed by atoms with Crippen molar-refractivity contribution in [2.45, 2.75) is 13.1 Å². The van der Waals surface area contributed by atoms with E-state index < -0.39 is 0 Å². The van der Waals surface area contributed by atoms with E-state index in [1.54, 1.807) is 24.8 Å². The highest BCUT2D eigenvalue weighted by molar-refractivity contribution is 5.58. The van der Waals surface area contributed by atoms with Crippen LogP contribution >= 0.6 is 0 Å². The highest BCUT2D eigenvalue weighted by Crippen LogP contribution is 2.16. The van der Waals surface area contributed by atoms with Crippen LogP contribution in [0.25, 0.3) is 0 Å². The molecule has 2 N–H and O–H groups in total. The number of nitrogens with zero attached hydrogens (tertiary/aromatic N) is 6. The van der Waals surface area contributed by atoms with Gasteiger partial charge in [-0.25, -0.2) is 9.97 Å². The average Bonchev–Trinajstić information content (AvgIpc) is 3.12. The van der Waals surface area contributed by atoms with Crippen molar-refractivity contribution in [1.82, 2.24) is 29.5 Å². The van der Waals surface area contributed by atoms with Gasteiger partial charge < -0.3 is 10.6 Å². The molecule has 22 heavy (non-hydrogen) atoms. The molecule has 0 aliphatic rings. The van der Waals surface area contributed by atoms with Gasteiger partial charge in [0.15, 0.2) is 11.6 Å². The standard InChI is InChI=1S/C14H18N8/c1-21-11(3-5-19-21)9-17-13-14(16-8-7-15-13)18-10-12-4-6-20-22(12)2/h3-8H,9-10H2,1-2H3,(H,15,17)(H,16,18). The Morgan fingerprint density at radius 2 is 1.23 bits per heavy atom. The third-order valence-electron chi connectivity index (χ3n) is 3.42. The van der Waals surface area contributed by atoms with Gasteiger partial charge in [-0.15, -0.1) is 0 Å². The van der Waals surface area contributed by atoms with Crippen LogP contribution in [0.1, 0.15) is 11.4 Å². The Kier molecular flexibility index (Phi) is 3.99. The predicted molar refractivity (Wildman–Crippen MR) is 83.1 cm³/mol. The van der Waals surface area contributed by atoms with Crippen molar-refractivity contribution in [2.75, 3.05) is 10.6 Å². The second-order valence-electron chi connectivity index (χ2n) is 4.85. The lowest BCUT2D eigenvalue weighted by molar-refractivity contribution is 0.718. The maximum Gasteiger partial charge on any atom is 0.169 e. The first-order valence-electron chi connectivity index (χ1n) is 6.96. The number of anilines is 2. The zero-order valence-electron chi connectivity index (χ0n) is 12.6. The lowest BCUT2D eigenvalue weighted by Gasteiger charge is -2.11. The smallest absolute Gasteiger partial charge is 0.169 e. The zero-order valence-corrected chi connectivity index (χ0v) is 12.6. The summed E-state index contributed by atoms with van der Waals surface area (Å²) in [6, 6.07) is 3.93. The lowest BCUT2D eigenvalue weighted by Crippen LogP contribution is -2.11. The summed E-state index contributed by atoms with van der Waals surface area (Å²) in [5.41, 5.74) is 2.14. The van der Waals surface area contributed by atoms with Crippen LogP contribution in [0.4, 0.5) is 11.6 Å². The topological polar surface area (TPSA) is 85.5 Å². The molecule has 3 heterocycles. The van der Waals surface area contributed by atoms with Gasteiger partial charge in [-0.05, 0) is 12.1 Å². The number of aromatic nitrogens is 6. The van der Waals surface area contributed by atoms with Crippen molar-refractivity contribution in [2.24, 2.45) is 14.1 Å². The molecule has 114 valence electrons. The van der Waals surface area contributed by atoms with E-state index in [-0.39, 0.29) is 0 Å². The Bertz CT molecular complexity index is 681.